The summed E-state index contributed by atoms with van der Waals surface area (Å²) in [6.45, 7) is 3.72. The van der Waals surface area contributed by atoms with E-state index in [4.69, 9.17) is 5.73 Å². The second-order valence-electron chi connectivity index (χ2n) is 5.17. The maximum absolute atomic E-state index is 13.0. The lowest BCUT2D eigenvalue weighted by atomic mass is 9.94. The van der Waals surface area contributed by atoms with E-state index in [9.17, 15) is 13.2 Å². The monoisotopic (exact) mass is 297 g/mol. The van der Waals surface area contributed by atoms with Crippen LogP contribution in [0.15, 0.2) is 24.3 Å². The minimum Gasteiger partial charge on any atom is -0.324 e. The average molecular weight is 297 g/mol. The fourth-order valence-corrected chi connectivity index (χ4v) is 2.52. The van der Waals surface area contributed by atoms with Gasteiger partial charge in [-0.05, 0) is 37.5 Å². The standard InChI is InChI=1S/C15H18F3N3/c1-9-12(10(2)21(3)20-9)8-14(19)11-6-4-5-7-13(11)15(16,17)18/h4-7,14H,8,19H2,1-3H3. The first-order valence-electron chi connectivity index (χ1n) is 6.62. The molecule has 2 aromatic rings. The highest BCUT2D eigenvalue weighted by Gasteiger charge is 2.34. The molecule has 0 aliphatic heterocycles. The van der Waals surface area contributed by atoms with E-state index >= 15 is 0 Å². The predicted octanol–water partition coefficient (Wildman–Crippen LogP) is 3.30. The Morgan fingerprint density at radius 2 is 1.86 bits per heavy atom. The summed E-state index contributed by atoms with van der Waals surface area (Å²) in [5, 5.41) is 4.27. The molecule has 1 unspecified atom stereocenters. The summed E-state index contributed by atoms with van der Waals surface area (Å²) >= 11 is 0. The summed E-state index contributed by atoms with van der Waals surface area (Å²) in [7, 11) is 1.81. The Kier molecular flexibility index (Phi) is 4.09. The zero-order valence-electron chi connectivity index (χ0n) is 12.2. The van der Waals surface area contributed by atoms with Gasteiger partial charge in [-0.2, -0.15) is 18.3 Å². The van der Waals surface area contributed by atoms with Gasteiger partial charge in [0.1, 0.15) is 0 Å². The molecule has 0 aliphatic rings. The van der Waals surface area contributed by atoms with Gasteiger partial charge in [-0.3, -0.25) is 4.68 Å². The molecular formula is C15H18F3N3. The summed E-state index contributed by atoms with van der Waals surface area (Å²) in [4.78, 5) is 0. The number of aromatic nitrogens is 2. The maximum atomic E-state index is 13.0. The number of nitrogens with two attached hydrogens (primary N) is 1. The third-order valence-electron chi connectivity index (χ3n) is 3.75. The van der Waals surface area contributed by atoms with Crippen LogP contribution in [0.5, 0.6) is 0 Å². The zero-order valence-corrected chi connectivity index (χ0v) is 12.2. The molecule has 1 aromatic heterocycles. The molecule has 0 saturated heterocycles. The average Bonchev–Trinajstić information content (AvgIpc) is 2.64. The van der Waals surface area contributed by atoms with E-state index in [-0.39, 0.29) is 5.56 Å². The summed E-state index contributed by atoms with van der Waals surface area (Å²) in [5.41, 5.74) is 8.11. The quantitative estimate of drug-likeness (QED) is 0.944. The lowest BCUT2D eigenvalue weighted by molar-refractivity contribution is -0.138. The third kappa shape index (κ3) is 3.10. The van der Waals surface area contributed by atoms with Crippen molar-refractivity contribution in [2.75, 3.05) is 0 Å². The first-order valence-corrected chi connectivity index (χ1v) is 6.62. The second-order valence-corrected chi connectivity index (χ2v) is 5.17. The van der Waals surface area contributed by atoms with E-state index in [1.165, 1.54) is 12.1 Å². The largest absolute Gasteiger partial charge is 0.416 e. The molecule has 114 valence electrons. The smallest absolute Gasteiger partial charge is 0.324 e. The van der Waals surface area contributed by atoms with Crippen molar-refractivity contribution in [1.29, 1.82) is 0 Å². The van der Waals surface area contributed by atoms with E-state index in [1.807, 2.05) is 13.8 Å². The van der Waals surface area contributed by atoms with Gasteiger partial charge in [-0.25, -0.2) is 0 Å². The topological polar surface area (TPSA) is 43.8 Å². The first-order chi connectivity index (χ1) is 9.71. The van der Waals surface area contributed by atoms with E-state index < -0.39 is 17.8 Å². The van der Waals surface area contributed by atoms with Gasteiger partial charge in [0.2, 0.25) is 0 Å². The minimum atomic E-state index is -4.40. The fraction of sp³-hybridized carbons (Fsp3) is 0.400. The van der Waals surface area contributed by atoms with Gasteiger partial charge in [-0.15, -0.1) is 0 Å². The molecule has 3 nitrogen and oxygen atoms in total. The number of aryl methyl sites for hydroxylation is 2. The highest BCUT2D eigenvalue weighted by Crippen LogP contribution is 2.35. The number of benzene rings is 1. The number of nitrogens with zero attached hydrogens (tertiary/aromatic N) is 2. The molecule has 1 aromatic carbocycles. The summed E-state index contributed by atoms with van der Waals surface area (Å²) in [6.07, 6.45) is -4.06. The SMILES string of the molecule is Cc1nn(C)c(C)c1CC(N)c1ccccc1C(F)(F)F. The molecule has 21 heavy (non-hydrogen) atoms. The fourth-order valence-electron chi connectivity index (χ4n) is 2.52. The van der Waals surface area contributed by atoms with E-state index in [0.29, 0.717) is 6.42 Å². The Balaban J connectivity index is 2.35. The van der Waals surface area contributed by atoms with Crippen molar-refractivity contribution in [1.82, 2.24) is 9.78 Å². The van der Waals surface area contributed by atoms with Crippen LogP contribution in [-0.4, -0.2) is 9.78 Å². The summed E-state index contributed by atoms with van der Waals surface area (Å²) in [5.74, 6) is 0. The molecule has 1 heterocycles. The van der Waals surface area contributed by atoms with Crippen LogP contribution in [0.25, 0.3) is 0 Å². The molecule has 6 heteroatoms. The van der Waals surface area contributed by atoms with Gasteiger partial charge in [-0.1, -0.05) is 18.2 Å². The molecule has 0 bridgehead atoms. The maximum Gasteiger partial charge on any atom is 0.416 e. The van der Waals surface area contributed by atoms with Crippen LogP contribution < -0.4 is 5.73 Å². The molecular weight excluding hydrogens is 279 g/mol. The molecule has 2 N–H and O–H groups in total. The number of hydrogen-bond acceptors (Lipinski definition) is 2. The lowest BCUT2D eigenvalue weighted by Crippen LogP contribution is -2.19. The number of rotatable bonds is 3. The van der Waals surface area contributed by atoms with Crippen LogP contribution in [0, 0.1) is 13.8 Å². The van der Waals surface area contributed by atoms with Crippen molar-refractivity contribution in [2.24, 2.45) is 12.8 Å². The first kappa shape index (κ1) is 15.6. The van der Waals surface area contributed by atoms with Crippen molar-refractivity contribution < 1.29 is 13.2 Å². The number of halogens is 3. The van der Waals surface area contributed by atoms with Gasteiger partial charge in [0.05, 0.1) is 11.3 Å². The lowest BCUT2D eigenvalue weighted by Gasteiger charge is -2.18. The van der Waals surface area contributed by atoms with Gasteiger partial charge in [0.15, 0.2) is 0 Å². The Hall–Kier alpha value is -1.82. The molecule has 0 spiro atoms. The molecule has 2 rings (SSSR count). The highest BCUT2D eigenvalue weighted by atomic mass is 19.4. The van der Waals surface area contributed by atoms with Crippen LogP contribution >= 0.6 is 0 Å². The molecule has 1 atom stereocenters. The van der Waals surface area contributed by atoms with Crippen LogP contribution in [0.1, 0.15) is 34.1 Å². The minimum absolute atomic E-state index is 0.118. The predicted molar refractivity (Wildman–Crippen MR) is 74.8 cm³/mol. The molecule has 0 fully saturated rings. The van der Waals surface area contributed by atoms with E-state index in [2.05, 4.69) is 5.10 Å². The number of alkyl halides is 3. The highest BCUT2D eigenvalue weighted by molar-refractivity contribution is 5.35. The normalized spacial score (nSPS) is 13.5. The third-order valence-corrected chi connectivity index (χ3v) is 3.75. The zero-order chi connectivity index (χ0) is 15.8. The Morgan fingerprint density at radius 3 is 2.38 bits per heavy atom. The molecule has 0 aliphatic carbocycles. The van der Waals surface area contributed by atoms with Crippen molar-refractivity contribution >= 4 is 0 Å². The molecule has 0 amide bonds. The van der Waals surface area contributed by atoms with Crippen LogP contribution in [0.2, 0.25) is 0 Å². The van der Waals surface area contributed by atoms with E-state index in [1.54, 1.807) is 17.8 Å². The van der Waals surface area contributed by atoms with Crippen molar-refractivity contribution in [3.63, 3.8) is 0 Å². The van der Waals surface area contributed by atoms with Crippen molar-refractivity contribution in [2.45, 2.75) is 32.5 Å². The van der Waals surface area contributed by atoms with Crippen LogP contribution in [0.3, 0.4) is 0 Å². The van der Waals surface area contributed by atoms with Gasteiger partial charge >= 0.3 is 6.18 Å². The van der Waals surface area contributed by atoms with Crippen molar-refractivity contribution in [3.8, 4) is 0 Å². The van der Waals surface area contributed by atoms with Gasteiger partial charge < -0.3 is 5.73 Å². The second kappa shape index (κ2) is 5.52. The van der Waals surface area contributed by atoms with Crippen molar-refractivity contribution in [3.05, 3.63) is 52.3 Å². The Labute approximate surface area is 121 Å². The number of hydrogen-bond donors (Lipinski definition) is 1. The van der Waals surface area contributed by atoms with Gasteiger partial charge in [0.25, 0.3) is 0 Å². The summed E-state index contributed by atoms with van der Waals surface area (Å²) < 4.78 is 40.8. The van der Waals surface area contributed by atoms with Crippen LogP contribution in [-0.2, 0) is 19.6 Å². The Bertz CT molecular complexity index is 644. The molecule has 0 radical (unpaired) electrons. The van der Waals surface area contributed by atoms with Crippen LogP contribution in [0.4, 0.5) is 13.2 Å². The Morgan fingerprint density at radius 1 is 1.24 bits per heavy atom. The van der Waals surface area contributed by atoms with E-state index in [0.717, 1.165) is 23.0 Å². The van der Waals surface area contributed by atoms with Gasteiger partial charge in [0, 0.05) is 18.8 Å². The molecule has 0 saturated carbocycles. The summed E-state index contributed by atoms with van der Waals surface area (Å²) in [6, 6.07) is 4.74.